The number of nitrogens with one attached hydrogen (secondary N) is 2. The molecule has 0 aromatic carbocycles. The number of nitrogens with zero attached hydrogens (tertiary/aromatic N) is 1. The van der Waals surface area contributed by atoms with Gasteiger partial charge in [0.05, 0.1) is 18.5 Å². The first-order valence-corrected chi connectivity index (χ1v) is 9.63. The van der Waals surface area contributed by atoms with Gasteiger partial charge in [-0.25, -0.2) is 4.79 Å². The molecule has 2 rings (SSSR count). The molecule has 0 aromatic heterocycles. The molecule has 0 bridgehead atoms. The average molecular weight is 357 g/mol. The molecule has 2 saturated heterocycles. The molecule has 2 aliphatic heterocycles. The summed E-state index contributed by atoms with van der Waals surface area (Å²) in [6.45, 7) is 4.08. The molecular weight excluding hydrogens is 330 g/mol. The van der Waals surface area contributed by atoms with Gasteiger partial charge in [-0.1, -0.05) is 6.42 Å². The van der Waals surface area contributed by atoms with Gasteiger partial charge in [-0.2, -0.15) is 11.8 Å². The van der Waals surface area contributed by atoms with Crippen LogP contribution in [0.4, 0.5) is 4.79 Å². The van der Waals surface area contributed by atoms with Crippen molar-refractivity contribution in [3.05, 3.63) is 0 Å². The molecule has 24 heavy (non-hydrogen) atoms. The van der Waals surface area contributed by atoms with Gasteiger partial charge in [0, 0.05) is 30.0 Å². The third-order valence-corrected chi connectivity index (χ3v) is 6.09. The fourth-order valence-electron chi connectivity index (χ4n) is 3.30. The highest BCUT2D eigenvalue weighted by Crippen LogP contribution is 2.33. The molecule has 7 nitrogen and oxygen atoms in total. The molecule has 136 valence electrons. The lowest BCUT2D eigenvalue weighted by molar-refractivity contribution is -0.139. The van der Waals surface area contributed by atoms with E-state index in [2.05, 4.69) is 10.6 Å². The molecule has 2 fully saturated rings. The molecule has 3 N–H and O–H groups in total. The summed E-state index contributed by atoms with van der Waals surface area (Å²) in [4.78, 5) is 36.0. The van der Waals surface area contributed by atoms with E-state index in [9.17, 15) is 14.4 Å². The number of carbonyl (C=O) groups excluding carboxylic acids is 2. The van der Waals surface area contributed by atoms with Crippen LogP contribution in [0.3, 0.4) is 0 Å². The summed E-state index contributed by atoms with van der Waals surface area (Å²) in [5, 5.41) is 15.1. The molecule has 0 unspecified atom stereocenters. The van der Waals surface area contributed by atoms with Crippen LogP contribution in [0.25, 0.3) is 0 Å². The van der Waals surface area contributed by atoms with E-state index in [1.54, 1.807) is 4.90 Å². The summed E-state index contributed by atoms with van der Waals surface area (Å²) in [7, 11) is 0. The number of aliphatic carboxylic acids is 1. The van der Waals surface area contributed by atoms with Crippen molar-refractivity contribution in [2.24, 2.45) is 0 Å². The number of amides is 3. The van der Waals surface area contributed by atoms with E-state index in [-0.39, 0.29) is 43.0 Å². The third kappa shape index (κ3) is 5.03. The number of hydrogen-bond donors (Lipinski definition) is 3. The second-order valence-electron chi connectivity index (χ2n) is 6.69. The van der Waals surface area contributed by atoms with E-state index in [4.69, 9.17) is 5.11 Å². The van der Waals surface area contributed by atoms with Crippen molar-refractivity contribution in [1.82, 2.24) is 15.5 Å². The number of urea groups is 1. The van der Waals surface area contributed by atoms with Crippen LogP contribution in [0, 0.1) is 0 Å². The Kier molecular flexibility index (Phi) is 6.77. The minimum absolute atomic E-state index is 0.0155. The van der Waals surface area contributed by atoms with E-state index in [1.165, 1.54) is 0 Å². The predicted octanol–water partition coefficient (Wildman–Crippen LogP) is 1.42. The van der Waals surface area contributed by atoms with Gasteiger partial charge in [0.2, 0.25) is 5.91 Å². The van der Waals surface area contributed by atoms with E-state index >= 15 is 0 Å². The lowest BCUT2D eigenvalue weighted by atomic mass is 10.0. The van der Waals surface area contributed by atoms with Crippen molar-refractivity contribution in [2.75, 3.05) is 12.3 Å². The molecule has 8 heteroatoms. The Balaban J connectivity index is 1.68. The largest absolute Gasteiger partial charge is 0.481 e. The highest BCUT2D eigenvalue weighted by atomic mass is 32.2. The molecule has 2 aliphatic rings. The Hall–Kier alpha value is -1.44. The first-order chi connectivity index (χ1) is 11.4. The lowest BCUT2D eigenvalue weighted by Gasteiger charge is -2.26. The number of hydrogen-bond acceptors (Lipinski definition) is 4. The smallest absolute Gasteiger partial charge is 0.315 e. The number of rotatable bonds is 9. The summed E-state index contributed by atoms with van der Waals surface area (Å²) in [6.07, 6.45) is 3.16. The van der Waals surface area contributed by atoms with Gasteiger partial charge in [0.15, 0.2) is 0 Å². The van der Waals surface area contributed by atoms with Gasteiger partial charge in [-0.15, -0.1) is 0 Å². The van der Waals surface area contributed by atoms with Crippen LogP contribution in [0.5, 0.6) is 0 Å². The van der Waals surface area contributed by atoms with Gasteiger partial charge in [-0.05, 0) is 26.7 Å². The molecular formula is C16H27N3O4S. The maximum atomic E-state index is 12.3. The number of carboxylic acid groups (broad SMARTS) is 1. The molecule has 3 atom stereocenters. The van der Waals surface area contributed by atoms with Crippen molar-refractivity contribution in [2.45, 2.75) is 69.3 Å². The Labute approximate surface area is 146 Å². The van der Waals surface area contributed by atoms with E-state index in [1.807, 2.05) is 25.6 Å². The molecule has 0 spiro atoms. The zero-order valence-corrected chi connectivity index (χ0v) is 15.1. The van der Waals surface area contributed by atoms with Crippen molar-refractivity contribution >= 4 is 29.7 Å². The van der Waals surface area contributed by atoms with E-state index in [0.29, 0.717) is 11.7 Å². The topological polar surface area (TPSA) is 98.7 Å². The predicted molar refractivity (Wildman–Crippen MR) is 93.1 cm³/mol. The molecule has 3 amide bonds. The number of carboxylic acids is 1. The minimum atomic E-state index is -0.881. The van der Waals surface area contributed by atoms with Crippen LogP contribution in [0.1, 0.15) is 46.0 Å². The standard InChI is InChI=1S/C16H27N3O4S/c1-10(2)19(8-7-14(21)22)13(20)6-4-3-5-12-15-11(9-24-12)17-16(23)18-15/h10-12,15H,3-9H2,1-2H3,(H,21,22)(H2,17,18,23)/t11-,12-,15-/m0/s1. The van der Waals surface area contributed by atoms with Crippen molar-refractivity contribution in [3.63, 3.8) is 0 Å². The zero-order valence-electron chi connectivity index (χ0n) is 14.3. The summed E-state index contributed by atoms with van der Waals surface area (Å²) >= 11 is 1.88. The first kappa shape index (κ1) is 18.9. The third-order valence-electron chi connectivity index (χ3n) is 4.58. The quantitative estimate of drug-likeness (QED) is 0.428. The van der Waals surface area contributed by atoms with Crippen LogP contribution in [-0.4, -0.2) is 63.6 Å². The number of carbonyl (C=O) groups is 3. The maximum absolute atomic E-state index is 12.3. The molecule has 0 aromatic rings. The van der Waals surface area contributed by atoms with Gasteiger partial charge in [-0.3, -0.25) is 9.59 Å². The number of thioether (sulfide) groups is 1. The number of fused-ring (bicyclic) bond motifs is 1. The van der Waals surface area contributed by atoms with Crippen LogP contribution >= 0.6 is 11.8 Å². The van der Waals surface area contributed by atoms with Crippen LogP contribution in [0.15, 0.2) is 0 Å². The second kappa shape index (κ2) is 8.60. The summed E-state index contributed by atoms with van der Waals surface area (Å²) < 4.78 is 0. The van der Waals surface area contributed by atoms with E-state index < -0.39 is 5.97 Å². The lowest BCUT2D eigenvalue weighted by Crippen LogP contribution is -2.38. The molecule has 2 heterocycles. The normalized spacial score (nSPS) is 25.3. The van der Waals surface area contributed by atoms with Gasteiger partial charge in [0.25, 0.3) is 0 Å². The fourth-order valence-corrected chi connectivity index (χ4v) is 4.84. The van der Waals surface area contributed by atoms with Crippen molar-refractivity contribution in [3.8, 4) is 0 Å². The maximum Gasteiger partial charge on any atom is 0.315 e. The zero-order chi connectivity index (χ0) is 17.7. The van der Waals surface area contributed by atoms with Gasteiger partial charge in [0.1, 0.15) is 0 Å². The first-order valence-electron chi connectivity index (χ1n) is 8.58. The highest BCUT2D eigenvalue weighted by molar-refractivity contribution is 8.00. The monoisotopic (exact) mass is 357 g/mol. The van der Waals surface area contributed by atoms with Crippen molar-refractivity contribution < 1.29 is 19.5 Å². The van der Waals surface area contributed by atoms with Crippen LogP contribution in [0.2, 0.25) is 0 Å². The van der Waals surface area contributed by atoms with E-state index in [0.717, 1.165) is 25.0 Å². The van der Waals surface area contributed by atoms with Gasteiger partial charge < -0.3 is 20.6 Å². The summed E-state index contributed by atoms with van der Waals surface area (Å²) in [5.41, 5.74) is 0. The van der Waals surface area contributed by atoms with Crippen molar-refractivity contribution in [1.29, 1.82) is 0 Å². The average Bonchev–Trinajstić information content (AvgIpc) is 3.02. The van der Waals surface area contributed by atoms with Gasteiger partial charge >= 0.3 is 12.0 Å². The second-order valence-corrected chi connectivity index (χ2v) is 7.96. The summed E-state index contributed by atoms with van der Waals surface area (Å²) in [5.74, 6) is 0.0936. The minimum Gasteiger partial charge on any atom is -0.481 e. The van der Waals surface area contributed by atoms with Crippen LogP contribution < -0.4 is 10.6 Å². The molecule has 0 radical (unpaired) electrons. The number of unbranched alkanes of at least 4 members (excludes halogenated alkanes) is 1. The Bertz CT molecular complexity index is 486. The Morgan fingerprint density at radius 1 is 1.29 bits per heavy atom. The Morgan fingerprint density at radius 3 is 2.71 bits per heavy atom. The Morgan fingerprint density at radius 2 is 2.04 bits per heavy atom. The molecule has 0 aliphatic carbocycles. The molecule has 0 saturated carbocycles. The SMILES string of the molecule is CC(C)N(CCC(=O)O)C(=O)CCCC[C@@H]1SC[C@@H]2NC(=O)N[C@@H]21. The highest BCUT2D eigenvalue weighted by Gasteiger charge is 2.42. The fraction of sp³-hybridized carbons (Fsp3) is 0.812. The van der Waals surface area contributed by atoms with Crippen LogP contribution in [-0.2, 0) is 9.59 Å². The summed E-state index contributed by atoms with van der Waals surface area (Å²) in [6, 6.07) is 0.391.